The average Bonchev–Trinajstić information content (AvgIpc) is 2.26. The maximum atomic E-state index is 5.84. The molecule has 0 saturated carbocycles. The summed E-state index contributed by atoms with van der Waals surface area (Å²) >= 11 is 9.26. The molecule has 1 aromatic rings. The first-order valence-corrected chi connectivity index (χ1v) is 6.58. The standard InChI is InChI=1S/C12H16BrClO/c1-2-3-4-7-15-12-6-5-11(13)8-10(12)9-14/h5-6,8H,2-4,7,9H2,1H3. The van der Waals surface area contributed by atoms with Crippen LogP contribution in [-0.4, -0.2) is 6.61 Å². The second kappa shape index (κ2) is 7.13. The number of hydrogen-bond donors (Lipinski definition) is 0. The third kappa shape index (κ3) is 4.43. The third-order valence-electron chi connectivity index (χ3n) is 2.17. The van der Waals surface area contributed by atoms with Crippen LogP contribution >= 0.6 is 27.5 Å². The number of rotatable bonds is 6. The van der Waals surface area contributed by atoms with Gasteiger partial charge < -0.3 is 4.74 Å². The molecule has 0 N–H and O–H groups in total. The van der Waals surface area contributed by atoms with E-state index >= 15 is 0 Å². The van der Waals surface area contributed by atoms with Crippen LogP contribution in [0.2, 0.25) is 0 Å². The molecule has 3 heteroatoms. The Morgan fingerprint density at radius 3 is 2.80 bits per heavy atom. The Labute approximate surface area is 105 Å². The molecule has 1 rings (SSSR count). The fraction of sp³-hybridized carbons (Fsp3) is 0.500. The number of unbranched alkanes of at least 4 members (excludes halogenated alkanes) is 2. The monoisotopic (exact) mass is 290 g/mol. The van der Waals surface area contributed by atoms with Crippen molar-refractivity contribution >= 4 is 27.5 Å². The van der Waals surface area contributed by atoms with Gasteiger partial charge in [0.25, 0.3) is 0 Å². The molecule has 0 fully saturated rings. The van der Waals surface area contributed by atoms with E-state index in [1.807, 2.05) is 18.2 Å². The lowest BCUT2D eigenvalue weighted by Gasteiger charge is -2.09. The lowest BCUT2D eigenvalue weighted by molar-refractivity contribution is 0.304. The number of hydrogen-bond acceptors (Lipinski definition) is 1. The Kier molecular flexibility index (Phi) is 6.11. The van der Waals surface area contributed by atoms with Crippen LogP contribution in [-0.2, 0) is 5.88 Å². The summed E-state index contributed by atoms with van der Waals surface area (Å²) in [5.41, 5.74) is 1.04. The molecule has 0 amide bonds. The van der Waals surface area contributed by atoms with Gasteiger partial charge in [0.2, 0.25) is 0 Å². The van der Waals surface area contributed by atoms with Crippen LogP contribution in [0.25, 0.3) is 0 Å². The molecular formula is C12H16BrClO. The lowest BCUT2D eigenvalue weighted by Crippen LogP contribution is -1.99. The molecule has 0 saturated heterocycles. The summed E-state index contributed by atoms with van der Waals surface area (Å²) in [5, 5.41) is 0. The summed E-state index contributed by atoms with van der Waals surface area (Å²) in [7, 11) is 0. The Morgan fingerprint density at radius 2 is 2.13 bits per heavy atom. The molecule has 0 bridgehead atoms. The van der Waals surface area contributed by atoms with E-state index in [9.17, 15) is 0 Å². The molecule has 1 aromatic carbocycles. The summed E-state index contributed by atoms with van der Waals surface area (Å²) in [5.74, 6) is 1.40. The molecule has 84 valence electrons. The van der Waals surface area contributed by atoms with Crippen LogP contribution < -0.4 is 4.74 Å². The largest absolute Gasteiger partial charge is 0.493 e. The highest BCUT2D eigenvalue weighted by atomic mass is 79.9. The molecule has 15 heavy (non-hydrogen) atoms. The second-order valence-corrected chi connectivity index (χ2v) is 4.62. The van der Waals surface area contributed by atoms with Crippen LogP contribution in [0.5, 0.6) is 5.75 Å². The van der Waals surface area contributed by atoms with E-state index in [-0.39, 0.29) is 0 Å². The van der Waals surface area contributed by atoms with Crippen LogP contribution in [0.1, 0.15) is 31.7 Å². The van der Waals surface area contributed by atoms with E-state index in [1.165, 1.54) is 12.8 Å². The SMILES string of the molecule is CCCCCOc1ccc(Br)cc1CCl. The fourth-order valence-electron chi connectivity index (χ4n) is 1.33. The van der Waals surface area contributed by atoms with Gasteiger partial charge in [-0.1, -0.05) is 35.7 Å². The van der Waals surface area contributed by atoms with Crippen molar-refractivity contribution in [1.82, 2.24) is 0 Å². The molecular weight excluding hydrogens is 275 g/mol. The van der Waals surface area contributed by atoms with E-state index in [0.29, 0.717) is 5.88 Å². The van der Waals surface area contributed by atoms with Gasteiger partial charge in [0.15, 0.2) is 0 Å². The summed E-state index contributed by atoms with van der Waals surface area (Å²) < 4.78 is 6.72. The van der Waals surface area contributed by atoms with Crippen molar-refractivity contribution in [3.8, 4) is 5.75 Å². The van der Waals surface area contributed by atoms with Crippen molar-refractivity contribution in [3.63, 3.8) is 0 Å². The Morgan fingerprint density at radius 1 is 1.33 bits per heavy atom. The van der Waals surface area contributed by atoms with Crippen molar-refractivity contribution < 1.29 is 4.74 Å². The average molecular weight is 292 g/mol. The maximum absolute atomic E-state index is 5.84. The summed E-state index contributed by atoms with van der Waals surface area (Å²) in [4.78, 5) is 0. The number of alkyl halides is 1. The highest BCUT2D eigenvalue weighted by Crippen LogP contribution is 2.24. The van der Waals surface area contributed by atoms with Gasteiger partial charge in [-0.05, 0) is 24.6 Å². The van der Waals surface area contributed by atoms with Crippen molar-refractivity contribution in [2.45, 2.75) is 32.1 Å². The zero-order valence-corrected chi connectivity index (χ0v) is 11.3. The Balaban J connectivity index is 2.52. The lowest BCUT2D eigenvalue weighted by atomic mass is 10.2. The predicted molar refractivity (Wildman–Crippen MR) is 68.7 cm³/mol. The molecule has 0 unspecified atom stereocenters. The minimum absolute atomic E-state index is 0.489. The molecule has 0 spiro atoms. The van der Waals surface area contributed by atoms with Gasteiger partial charge >= 0.3 is 0 Å². The Bertz CT molecular complexity index is 302. The molecule has 0 radical (unpaired) electrons. The Hall–Kier alpha value is -0.210. The van der Waals surface area contributed by atoms with E-state index in [0.717, 1.165) is 28.8 Å². The normalized spacial score (nSPS) is 10.3. The fourth-order valence-corrected chi connectivity index (χ4v) is 1.94. The van der Waals surface area contributed by atoms with E-state index in [4.69, 9.17) is 16.3 Å². The predicted octanol–water partition coefficient (Wildman–Crippen LogP) is 4.76. The zero-order chi connectivity index (χ0) is 11.1. The first-order chi connectivity index (χ1) is 7.27. The topological polar surface area (TPSA) is 9.23 Å². The molecule has 0 aliphatic heterocycles. The summed E-state index contributed by atoms with van der Waals surface area (Å²) in [6.45, 7) is 2.96. The first kappa shape index (κ1) is 12.9. The van der Waals surface area contributed by atoms with Crippen molar-refractivity contribution in [2.24, 2.45) is 0 Å². The molecule has 0 aliphatic rings. The van der Waals surface area contributed by atoms with Crippen LogP contribution in [0.4, 0.5) is 0 Å². The summed E-state index contributed by atoms with van der Waals surface area (Å²) in [6.07, 6.45) is 3.53. The third-order valence-corrected chi connectivity index (χ3v) is 2.95. The number of halogens is 2. The van der Waals surface area contributed by atoms with Crippen LogP contribution in [0, 0.1) is 0 Å². The molecule has 1 nitrogen and oxygen atoms in total. The highest BCUT2D eigenvalue weighted by molar-refractivity contribution is 9.10. The maximum Gasteiger partial charge on any atom is 0.123 e. The smallest absolute Gasteiger partial charge is 0.123 e. The van der Waals surface area contributed by atoms with Gasteiger partial charge in [0, 0.05) is 10.0 Å². The van der Waals surface area contributed by atoms with Gasteiger partial charge in [-0.15, -0.1) is 11.6 Å². The van der Waals surface area contributed by atoms with Crippen LogP contribution in [0.3, 0.4) is 0 Å². The minimum atomic E-state index is 0.489. The van der Waals surface area contributed by atoms with Gasteiger partial charge in [-0.2, -0.15) is 0 Å². The van der Waals surface area contributed by atoms with E-state index in [2.05, 4.69) is 22.9 Å². The van der Waals surface area contributed by atoms with Gasteiger partial charge in [-0.25, -0.2) is 0 Å². The quantitative estimate of drug-likeness (QED) is 0.542. The number of benzene rings is 1. The molecule has 0 aliphatic carbocycles. The molecule has 0 aromatic heterocycles. The second-order valence-electron chi connectivity index (χ2n) is 3.44. The van der Waals surface area contributed by atoms with Gasteiger partial charge in [0.1, 0.15) is 5.75 Å². The van der Waals surface area contributed by atoms with Gasteiger partial charge in [0.05, 0.1) is 12.5 Å². The number of ether oxygens (including phenoxy) is 1. The van der Waals surface area contributed by atoms with Crippen molar-refractivity contribution in [2.75, 3.05) is 6.61 Å². The van der Waals surface area contributed by atoms with E-state index < -0.39 is 0 Å². The van der Waals surface area contributed by atoms with Crippen molar-refractivity contribution in [3.05, 3.63) is 28.2 Å². The molecule has 0 heterocycles. The highest BCUT2D eigenvalue weighted by Gasteiger charge is 2.03. The minimum Gasteiger partial charge on any atom is -0.493 e. The van der Waals surface area contributed by atoms with Gasteiger partial charge in [-0.3, -0.25) is 0 Å². The zero-order valence-electron chi connectivity index (χ0n) is 8.93. The molecule has 0 atom stereocenters. The van der Waals surface area contributed by atoms with Crippen molar-refractivity contribution in [1.29, 1.82) is 0 Å². The van der Waals surface area contributed by atoms with Crippen LogP contribution in [0.15, 0.2) is 22.7 Å². The van der Waals surface area contributed by atoms with E-state index in [1.54, 1.807) is 0 Å². The first-order valence-electron chi connectivity index (χ1n) is 5.25. The summed E-state index contributed by atoms with van der Waals surface area (Å²) in [6, 6.07) is 5.95.